The molecule has 2 aliphatic heterocycles. The average Bonchev–Trinajstić information content (AvgIpc) is 2.80. The van der Waals surface area contributed by atoms with Gasteiger partial charge in [0, 0.05) is 19.4 Å². The molecule has 0 bridgehead atoms. The first-order valence-electron chi connectivity index (χ1n) is 12.8. The summed E-state index contributed by atoms with van der Waals surface area (Å²) >= 11 is 0. The molecule has 0 saturated carbocycles. The van der Waals surface area contributed by atoms with Gasteiger partial charge in [-0.2, -0.15) is 0 Å². The van der Waals surface area contributed by atoms with Gasteiger partial charge in [0.05, 0.1) is 12.5 Å². The van der Waals surface area contributed by atoms with Gasteiger partial charge in [-0.25, -0.2) is 0 Å². The first-order chi connectivity index (χ1) is 16.3. The molecular formula is C24H44N6O4. The third-order valence-electron chi connectivity index (χ3n) is 6.82. The van der Waals surface area contributed by atoms with Gasteiger partial charge in [0.15, 0.2) is 0 Å². The van der Waals surface area contributed by atoms with Crippen molar-refractivity contribution in [3.05, 3.63) is 0 Å². The highest BCUT2D eigenvalue weighted by molar-refractivity contribution is 6.01. The molecule has 2 rings (SSSR count). The van der Waals surface area contributed by atoms with Crippen molar-refractivity contribution >= 4 is 23.6 Å². The molecule has 6 N–H and O–H groups in total. The highest BCUT2D eigenvalue weighted by Crippen LogP contribution is 2.33. The summed E-state index contributed by atoms with van der Waals surface area (Å²) in [6.45, 7) is 5.62. The van der Waals surface area contributed by atoms with E-state index in [4.69, 9.17) is 17.2 Å². The van der Waals surface area contributed by atoms with Crippen LogP contribution in [0, 0.1) is 11.8 Å². The number of nitrogens with zero attached hydrogens (tertiary/aromatic N) is 3. The maximum atomic E-state index is 13.6. The number of imide groups is 1. The van der Waals surface area contributed by atoms with E-state index in [9.17, 15) is 19.2 Å². The van der Waals surface area contributed by atoms with Crippen LogP contribution in [0.4, 0.5) is 0 Å². The Bertz CT molecular complexity index is 716. The van der Waals surface area contributed by atoms with Crippen molar-refractivity contribution in [2.75, 3.05) is 32.7 Å². The lowest BCUT2D eigenvalue weighted by Gasteiger charge is -2.54. The molecule has 0 aliphatic carbocycles. The molecule has 0 aromatic carbocycles. The minimum absolute atomic E-state index is 0.0212. The number of amides is 4. The van der Waals surface area contributed by atoms with Crippen LogP contribution in [-0.2, 0) is 19.2 Å². The van der Waals surface area contributed by atoms with E-state index in [0.717, 1.165) is 19.3 Å². The predicted octanol–water partition coefficient (Wildman–Crippen LogP) is 0.380. The summed E-state index contributed by atoms with van der Waals surface area (Å²) in [5.74, 6) is -1.35. The molecule has 0 spiro atoms. The quantitative estimate of drug-likeness (QED) is 0.322. The van der Waals surface area contributed by atoms with Crippen molar-refractivity contribution in [2.45, 2.75) is 83.8 Å². The van der Waals surface area contributed by atoms with E-state index >= 15 is 0 Å². The molecule has 1 unspecified atom stereocenters. The fraction of sp³-hybridized carbons (Fsp3) is 0.833. The third kappa shape index (κ3) is 6.76. The second-order valence-electron chi connectivity index (χ2n) is 9.78. The normalized spacial score (nSPS) is 23.0. The number of hydrogen-bond donors (Lipinski definition) is 3. The number of rotatable bonds is 13. The van der Waals surface area contributed by atoms with Crippen LogP contribution in [0.3, 0.4) is 0 Å². The average molecular weight is 481 g/mol. The van der Waals surface area contributed by atoms with E-state index < -0.39 is 12.2 Å². The monoisotopic (exact) mass is 480 g/mol. The topological polar surface area (TPSA) is 156 Å². The van der Waals surface area contributed by atoms with Gasteiger partial charge in [-0.3, -0.25) is 24.1 Å². The Morgan fingerprint density at radius 1 is 0.824 bits per heavy atom. The van der Waals surface area contributed by atoms with Crippen LogP contribution in [0.15, 0.2) is 0 Å². The molecule has 3 atom stereocenters. The van der Waals surface area contributed by atoms with Crippen molar-refractivity contribution in [2.24, 2.45) is 29.0 Å². The Morgan fingerprint density at radius 2 is 1.38 bits per heavy atom. The minimum Gasteiger partial charge on any atom is -0.330 e. The number of carbonyl (C=O) groups is 4. The molecule has 4 amide bonds. The summed E-state index contributed by atoms with van der Waals surface area (Å²) in [5.41, 5.74) is 16.8. The van der Waals surface area contributed by atoms with Crippen LogP contribution in [0.1, 0.15) is 71.6 Å². The Hall–Kier alpha value is -2.04. The van der Waals surface area contributed by atoms with Crippen LogP contribution < -0.4 is 17.2 Å². The van der Waals surface area contributed by atoms with Gasteiger partial charge in [0.25, 0.3) is 5.91 Å². The zero-order valence-corrected chi connectivity index (χ0v) is 20.9. The summed E-state index contributed by atoms with van der Waals surface area (Å²) in [4.78, 5) is 57.9. The van der Waals surface area contributed by atoms with Crippen LogP contribution in [0.5, 0.6) is 0 Å². The molecule has 0 aromatic heterocycles. The maximum Gasteiger partial charge on any atom is 0.252 e. The number of fused-ring (bicyclic) bond motifs is 1. The Balaban J connectivity index is 2.35. The SMILES string of the molecule is CC(C)C1C(=O)N(C(=O)CCCCN)C[C@@H]2N(C(=O)CCCCN)C[C@@H](CCCCN)C(=O)N12. The molecule has 34 heavy (non-hydrogen) atoms. The number of piperazine rings is 1. The van der Waals surface area contributed by atoms with Gasteiger partial charge < -0.3 is 27.0 Å². The predicted molar refractivity (Wildman–Crippen MR) is 130 cm³/mol. The molecule has 10 nitrogen and oxygen atoms in total. The lowest BCUT2D eigenvalue weighted by Crippen LogP contribution is -2.74. The number of unbranched alkanes of at least 4 members (excludes halogenated alkanes) is 3. The number of hydrogen-bond acceptors (Lipinski definition) is 7. The molecule has 10 heteroatoms. The lowest BCUT2D eigenvalue weighted by atomic mass is 9.89. The van der Waals surface area contributed by atoms with E-state index in [1.54, 1.807) is 9.80 Å². The largest absolute Gasteiger partial charge is 0.330 e. The van der Waals surface area contributed by atoms with Gasteiger partial charge in [-0.05, 0) is 64.1 Å². The summed E-state index contributed by atoms with van der Waals surface area (Å²) in [7, 11) is 0. The molecule has 0 aromatic rings. The first-order valence-corrected chi connectivity index (χ1v) is 12.8. The second-order valence-corrected chi connectivity index (χ2v) is 9.78. The van der Waals surface area contributed by atoms with Gasteiger partial charge in [-0.15, -0.1) is 0 Å². The molecule has 2 fully saturated rings. The summed E-state index contributed by atoms with van der Waals surface area (Å²) < 4.78 is 0. The maximum absolute atomic E-state index is 13.6. The van der Waals surface area contributed by atoms with Crippen molar-refractivity contribution in [1.29, 1.82) is 0 Å². The molecule has 2 heterocycles. The van der Waals surface area contributed by atoms with Crippen LogP contribution in [0.25, 0.3) is 0 Å². The summed E-state index contributed by atoms with van der Waals surface area (Å²) in [6.07, 6.45) is 4.83. The zero-order valence-electron chi connectivity index (χ0n) is 20.9. The molecule has 194 valence electrons. The second kappa shape index (κ2) is 13.7. The molecule has 2 saturated heterocycles. The van der Waals surface area contributed by atoms with E-state index in [1.807, 2.05) is 13.8 Å². The van der Waals surface area contributed by atoms with Crippen molar-refractivity contribution < 1.29 is 19.2 Å². The van der Waals surface area contributed by atoms with Crippen molar-refractivity contribution in [1.82, 2.24) is 14.7 Å². The van der Waals surface area contributed by atoms with E-state index in [0.29, 0.717) is 58.3 Å². The molecule has 2 aliphatic rings. The molecular weight excluding hydrogens is 436 g/mol. The standard InChI is InChI=1S/C24H44N6O4/c1-17(2)22-24(34)29(21(32)11-5-8-14-27)16-19-28(20(31)10-4-7-13-26)15-18(9-3-6-12-25)23(33)30(19)22/h17-19,22H,3-16,25-27H2,1-2H3/t18-,19-,22?/m1/s1. The Morgan fingerprint density at radius 3 is 1.94 bits per heavy atom. The Labute approximate surface area is 203 Å². The fourth-order valence-corrected chi connectivity index (χ4v) is 4.95. The van der Waals surface area contributed by atoms with E-state index in [1.165, 1.54) is 4.90 Å². The van der Waals surface area contributed by atoms with Gasteiger partial charge in [0.2, 0.25) is 17.7 Å². The van der Waals surface area contributed by atoms with Crippen molar-refractivity contribution in [3.8, 4) is 0 Å². The molecule has 0 radical (unpaired) electrons. The minimum atomic E-state index is -0.777. The van der Waals surface area contributed by atoms with Gasteiger partial charge in [-0.1, -0.05) is 20.3 Å². The van der Waals surface area contributed by atoms with Crippen LogP contribution in [-0.4, -0.2) is 83.3 Å². The fourth-order valence-electron chi connectivity index (χ4n) is 4.95. The summed E-state index contributed by atoms with van der Waals surface area (Å²) in [6, 6.07) is -0.777. The van der Waals surface area contributed by atoms with Crippen LogP contribution >= 0.6 is 0 Å². The van der Waals surface area contributed by atoms with E-state index in [-0.39, 0.29) is 48.4 Å². The highest BCUT2D eigenvalue weighted by Gasteiger charge is 2.53. The third-order valence-corrected chi connectivity index (χ3v) is 6.82. The lowest BCUT2D eigenvalue weighted by molar-refractivity contribution is -0.184. The smallest absolute Gasteiger partial charge is 0.252 e. The number of nitrogens with two attached hydrogens (primary N) is 3. The van der Waals surface area contributed by atoms with Gasteiger partial charge >= 0.3 is 0 Å². The van der Waals surface area contributed by atoms with Crippen LogP contribution in [0.2, 0.25) is 0 Å². The number of carbonyl (C=O) groups excluding carboxylic acids is 4. The zero-order chi connectivity index (χ0) is 25.3. The van der Waals surface area contributed by atoms with Crippen molar-refractivity contribution in [3.63, 3.8) is 0 Å². The Kier molecular flexibility index (Phi) is 11.4. The van der Waals surface area contributed by atoms with Gasteiger partial charge in [0.1, 0.15) is 12.2 Å². The highest BCUT2D eigenvalue weighted by atomic mass is 16.2. The first kappa shape index (κ1) is 28.2. The van der Waals surface area contributed by atoms with E-state index in [2.05, 4.69) is 0 Å². The summed E-state index contributed by atoms with van der Waals surface area (Å²) in [5, 5.41) is 0.